The van der Waals surface area contributed by atoms with Gasteiger partial charge in [0, 0.05) is 6.07 Å². The minimum absolute atomic E-state index is 0.122. The third-order valence-electron chi connectivity index (χ3n) is 4.50. The van der Waals surface area contributed by atoms with E-state index in [0.717, 1.165) is 45.5 Å². The van der Waals surface area contributed by atoms with Crippen LogP contribution in [-0.4, -0.2) is 26.6 Å². The SMILES string of the molecule is Cc1ccc([C@@H](C)NC(=O)[C@@H](C)N(c2ccc(F)c(F)c2)S(C)(=O)=O)c(C)c1. The molecule has 0 saturated heterocycles. The first-order chi connectivity index (χ1) is 12.9. The molecule has 8 heteroatoms. The molecule has 2 atom stereocenters. The van der Waals surface area contributed by atoms with Crippen LogP contribution in [0, 0.1) is 25.5 Å². The van der Waals surface area contributed by atoms with Crippen molar-refractivity contribution in [2.45, 2.75) is 39.8 Å². The van der Waals surface area contributed by atoms with Crippen LogP contribution in [0.5, 0.6) is 0 Å². The van der Waals surface area contributed by atoms with Gasteiger partial charge in [0.2, 0.25) is 15.9 Å². The zero-order valence-corrected chi connectivity index (χ0v) is 17.3. The lowest BCUT2D eigenvalue weighted by molar-refractivity contribution is -0.122. The van der Waals surface area contributed by atoms with Crippen molar-refractivity contribution in [1.29, 1.82) is 0 Å². The summed E-state index contributed by atoms with van der Waals surface area (Å²) >= 11 is 0. The summed E-state index contributed by atoms with van der Waals surface area (Å²) in [5, 5.41) is 2.79. The minimum atomic E-state index is -3.92. The van der Waals surface area contributed by atoms with Crippen LogP contribution in [0.2, 0.25) is 0 Å². The van der Waals surface area contributed by atoms with Gasteiger partial charge in [-0.3, -0.25) is 9.10 Å². The van der Waals surface area contributed by atoms with E-state index in [0.29, 0.717) is 0 Å². The predicted octanol–water partition coefficient (Wildman–Crippen LogP) is 3.61. The van der Waals surface area contributed by atoms with Crippen molar-refractivity contribution < 1.29 is 22.0 Å². The summed E-state index contributed by atoms with van der Waals surface area (Å²) in [7, 11) is -3.92. The number of rotatable bonds is 6. The zero-order valence-electron chi connectivity index (χ0n) is 16.5. The van der Waals surface area contributed by atoms with Gasteiger partial charge in [0.1, 0.15) is 6.04 Å². The second-order valence-corrected chi connectivity index (χ2v) is 8.78. The first kappa shape index (κ1) is 21.8. The van der Waals surface area contributed by atoms with Crippen LogP contribution in [0.25, 0.3) is 0 Å². The summed E-state index contributed by atoms with van der Waals surface area (Å²) in [4.78, 5) is 12.7. The standard InChI is InChI=1S/C20H24F2N2O3S/c1-12-6-8-17(13(2)10-12)14(3)23-20(25)15(4)24(28(5,26)27)16-7-9-18(21)19(22)11-16/h6-11,14-15H,1-5H3,(H,23,25)/t14-,15-/m1/s1. The van der Waals surface area contributed by atoms with Gasteiger partial charge in [-0.05, 0) is 51.0 Å². The van der Waals surface area contributed by atoms with Crippen molar-refractivity contribution in [1.82, 2.24) is 5.32 Å². The van der Waals surface area contributed by atoms with Crippen molar-refractivity contribution >= 4 is 21.6 Å². The highest BCUT2D eigenvalue weighted by Gasteiger charge is 2.30. The van der Waals surface area contributed by atoms with Crippen molar-refractivity contribution in [3.63, 3.8) is 0 Å². The first-order valence-electron chi connectivity index (χ1n) is 8.73. The third kappa shape index (κ3) is 4.86. The minimum Gasteiger partial charge on any atom is -0.348 e. The Kier molecular flexibility index (Phi) is 6.44. The molecule has 0 aliphatic carbocycles. The van der Waals surface area contributed by atoms with Crippen LogP contribution in [0.1, 0.15) is 36.6 Å². The molecular weight excluding hydrogens is 386 g/mol. The Balaban J connectivity index is 2.29. The number of amides is 1. The topological polar surface area (TPSA) is 66.5 Å². The summed E-state index contributed by atoms with van der Waals surface area (Å²) in [6.45, 7) is 7.09. The summed E-state index contributed by atoms with van der Waals surface area (Å²) in [5.41, 5.74) is 2.88. The molecule has 0 bridgehead atoms. The Bertz CT molecular complexity index is 993. The van der Waals surface area contributed by atoms with Gasteiger partial charge < -0.3 is 5.32 Å². The van der Waals surface area contributed by atoms with E-state index in [9.17, 15) is 22.0 Å². The average molecular weight is 410 g/mol. The average Bonchev–Trinajstić information content (AvgIpc) is 2.56. The van der Waals surface area contributed by atoms with Gasteiger partial charge in [-0.2, -0.15) is 0 Å². The second-order valence-electron chi connectivity index (χ2n) is 6.92. The molecule has 5 nitrogen and oxygen atoms in total. The molecule has 28 heavy (non-hydrogen) atoms. The maximum atomic E-state index is 13.6. The Morgan fingerprint density at radius 2 is 1.68 bits per heavy atom. The highest BCUT2D eigenvalue weighted by atomic mass is 32.2. The number of hydrogen-bond donors (Lipinski definition) is 1. The highest BCUT2D eigenvalue weighted by Crippen LogP contribution is 2.24. The molecular formula is C20H24F2N2O3S. The van der Waals surface area contributed by atoms with Crippen molar-refractivity contribution in [2.75, 3.05) is 10.6 Å². The lowest BCUT2D eigenvalue weighted by atomic mass is 10.00. The fourth-order valence-electron chi connectivity index (χ4n) is 3.15. The van der Waals surface area contributed by atoms with E-state index in [-0.39, 0.29) is 11.7 Å². The molecule has 2 aromatic rings. The van der Waals surface area contributed by atoms with Gasteiger partial charge in [-0.1, -0.05) is 23.8 Å². The largest absolute Gasteiger partial charge is 0.348 e. The van der Waals surface area contributed by atoms with Crippen LogP contribution in [-0.2, 0) is 14.8 Å². The zero-order chi connectivity index (χ0) is 21.2. The Morgan fingerprint density at radius 1 is 1.04 bits per heavy atom. The number of carbonyl (C=O) groups excluding carboxylic acids is 1. The van der Waals surface area contributed by atoms with Gasteiger partial charge >= 0.3 is 0 Å². The molecule has 2 rings (SSSR count). The van der Waals surface area contributed by atoms with Crippen LogP contribution >= 0.6 is 0 Å². The normalized spacial score (nSPS) is 13.7. The number of nitrogens with zero attached hydrogens (tertiary/aromatic N) is 1. The van der Waals surface area contributed by atoms with Crippen LogP contribution in [0.4, 0.5) is 14.5 Å². The quantitative estimate of drug-likeness (QED) is 0.791. The maximum absolute atomic E-state index is 13.6. The van der Waals surface area contributed by atoms with Crippen molar-refractivity contribution in [2.24, 2.45) is 0 Å². The van der Waals surface area contributed by atoms with E-state index in [1.807, 2.05) is 32.0 Å². The van der Waals surface area contributed by atoms with Gasteiger partial charge in [-0.15, -0.1) is 0 Å². The molecule has 0 fully saturated rings. The van der Waals surface area contributed by atoms with Crippen molar-refractivity contribution in [3.05, 3.63) is 64.7 Å². The van der Waals surface area contributed by atoms with E-state index in [4.69, 9.17) is 0 Å². The molecule has 0 spiro atoms. The molecule has 0 heterocycles. The Hall–Kier alpha value is -2.48. The molecule has 0 aliphatic rings. The number of carbonyl (C=O) groups is 1. The molecule has 0 unspecified atom stereocenters. The monoisotopic (exact) mass is 410 g/mol. The summed E-state index contributed by atoms with van der Waals surface area (Å²) < 4.78 is 52.1. The molecule has 1 N–H and O–H groups in total. The van der Waals surface area contributed by atoms with Gasteiger partial charge in [0.15, 0.2) is 11.6 Å². The number of anilines is 1. The molecule has 0 saturated carbocycles. The fraction of sp³-hybridized carbons (Fsp3) is 0.350. The molecule has 0 aliphatic heterocycles. The lowest BCUT2D eigenvalue weighted by Crippen LogP contribution is -2.48. The van der Waals surface area contributed by atoms with Gasteiger partial charge in [-0.25, -0.2) is 17.2 Å². The maximum Gasteiger partial charge on any atom is 0.244 e. The van der Waals surface area contributed by atoms with Crippen LogP contribution in [0.15, 0.2) is 36.4 Å². The third-order valence-corrected chi connectivity index (χ3v) is 5.74. The molecule has 0 aromatic heterocycles. The van der Waals surface area contributed by atoms with E-state index < -0.39 is 33.6 Å². The van der Waals surface area contributed by atoms with E-state index in [2.05, 4.69) is 5.32 Å². The number of nitrogens with one attached hydrogen (secondary N) is 1. The Morgan fingerprint density at radius 3 is 2.21 bits per heavy atom. The van der Waals surface area contributed by atoms with Crippen molar-refractivity contribution in [3.8, 4) is 0 Å². The Labute approximate surface area is 164 Å². The van der Waals surface area contributed by atoms with Gasteiger partial charge in [0.25, 0.3) is 0 Å². The number of sulfonamides is 1. The molecule has 0 radical (unpaired) electrons. The molecule has 2 aromatic carbocycles. The highest BCUT2D eigenvalue weighted by molar-refractivity contribution is 7.92. The number of hydrogen-bond acceptors (Lipinski definition) is 3. The van der Waals surface area contributed by atoms with E-state index in [1.165, 1.54) is 6.92 Å². The summed E-state index contributed by atoms with van der Waals surface area (Å²) in [6, 6.07) is 7.01. The predicted molar refractivity (Wildman–Crippen MR) is 106 cm³/mol. The van der Waals surface area contributed by atoms with Gasteiger partial charge in [0.05, 0.1) is 18.0 Å². The molecule has 1 amide bonds. The summed E-state index contributed by atoms with van der Waals surface area (Å²) in [6.07, 6.45) is 0.908. The summed E-state index contributed by atoms with van der Waals surface area (Å²) in [5.74, 6) is -2.84. The first-order valence-corrected chi connectivity index (χ1v) is 10.6. The molecule has 152 valence electrons. The fourth-order valence-corrected chi connectivity index (χ4v) is 4.32. The van der Waals surface area contributed by atoms with Crippen LogP contribution < -0.4 is 9.62 Å². The smallest absolute Gasteiger partial charge is 0.244 e. The second kappa shape index (κ2) is 8.26. The van der Waals surface area contributed by atoms with E-state index in [1.54, 1.807) is 6.92 Å². The number of benzene rings is 2. The van der Waals surface area contributed by atoms with Crippen LogP contribution in [0.3, 0.4) is 0 Å². The lowest BCUT2D eigenvalue weighted by Gasteiger charge is -2.29. The number of aryl methyl sites for hydroxylation is 2. The van der Waals surface area contributed by atoms with E-state index >= 15 is 0 Å². The number of halogens is 2.